The lowest BCUT2D eigenvalue weighted by Gasteiger charge is -2.36. The Hall–Kier alpha value is -3.20. The molecule has 3 heterocycles. The highest BCUT2D eigenvalue weighted by Gasteiger charge is 2.50. The van der Waals surface area contributed by atoms with E-state index in [4.69, 9.17) is 0 Å². The van der Waals surface area contributed by atoms with E-state index in [1.807, 2.05) is 26.0 Å². The highest BCUT2D eigenvalue weighted by molar-refractivity contribution is 7.82. The van der Waals surface area contributed by atoms with Gasteiger partial charge in [-0.1, -0.05) is 0 Å². The number of amides is 2. The summed E-state index contributed by atoms with van der Waals surface area (Å²) in [4.78, 5) is 32.4. The first-order valence-electron chi connectivity index (χ1n) is 14.9. The van der Waals surface area contributed by atoms with Gasteiger partial charge in [0.05, 0.1) is 22.2 Å². The van der Waals surface area contributed by atoms with Gasteiger partial charge in [-0.2, -0.15) is 0 Å². The zero-order valence-electron chi connectivity index (χ0n) is 25.4. The van der Waals surface area contributed by atoms with Gasteiger partial charge in [-0.15, -0.1) is 13.2 Å². The first-order chi connectivity index (χ1) is 21.1. The maximum atomic E-state index is 13.9. The Balaban J connectivity index is 1.18. The number of primary amides is 1. The topological polar surface area (TPSA) is 116 Å². The lowest BCUT2D eigenvalue weighted by Crippen LogP contribution is -2.91. The van der Waals surface area contributed by atoms with E-state index in [1.165, 1.54) is 11.4 Å². The van der Waals surface area contributed by atoms with Crippen LogP contribution in [0.1, 0.15) is 65.2 Å². The first kappa shape index (κ1) is 33.2. The van der Waals surface area contributed by atoms with Crippen molar-refractivity contribution in [1.82, 2.24) is 9.21 Å². The van der Waals surface area contributed by atoms with Gasteiger partial charge < -0.3 is 14.7 Å². The van der Waals surface area contributed by atoms with E-state index in [-0.39, 0.29) is 36.1 Å². The molecule has 0 saturated carbocycles. The summed E-state index contributed by atoms with van der Waals surface area (Å²) in [7, 11) is -1.34. The summed E-state index contributed by atoms with van der Waals surface area (Å²) in [6.07, 6.45) is -2.90. The summed E-state index contributed by atoms with van der Waals surface area (Å²) in [5.41, 5.74) is 1.79. The number of alkyl halides is 3. The van der Waals surface area contributed by atoms with Crippen molar-refractivity contribution in [1.29, 1.82) is 0 Å². The number of nitrogens with two attached hydrogens (primary N) is 1. The summed E-state index contributed by atoms with van der Waals surface area (Å²) in [6, 6.07) is 6.68. The van der Waals surface area contributed by atoms with Gasteiger partial charge in [0.2, 0.25) is 5.84 Å². The van der Waals surface area contributed by atoms with E-state index in [0.717, 1.165) is 28.8 Å². The Kier molecular flexibility index (Phi) is 9.24. The van der Waals surface area contributed by atoms with Crippen molar-refractivity contribution in [2.75, 3.05) is 31.9 Å². The van der Waals surface area contributed by atoms with E-state index >= 15 is 0 Å². The Bertz CT molecular complexity index is 1520. The summed E-state index contributed by atoms with van der Waals surface area (Å²) in [5, 5.41) is 11.5. The third-order valence-corrected chi connectivity index (χ3v) is 10.4. The number of aliphatic hydroxyl groups is 1. The van der Waals surface area contributed by atoms with Crippen molar-refractivity contribution in [3.63, 3.8) is 0 Å². The molecule has 3 N–H and O–H groups in total. The Morgan fingerprint density at radius 1 is 1.07 bits per heavy atom. The molecule has 3 aliphatic rings. The fourth-order valence-corrected chi connectivity index (χ4v) is 7.44. The molecule has 0 bridgehead atoms. The van der Waals surface area contributed by atoms with Crippen molar-refractivity contribution >= 4 is 28.6 Å². The highest BCUT2D eigenvalue weighted by Crippen LogP contribution is 2.32. The molecule has 0 aliphatic carbocycles. The molecule has 0 radical (unpaired) electrons. The van der Waals surface area contributed by atoms with Gasteiger partial charge in [0.1, 0.15) is 0 Å². The molecule has 5 rings (SSSR count). The molecule has 2 fully saturated rings. The third kappa shape index (κ3) is 7.45. The van der Waals surface area contributed by atoms with E-state index in [0.29, 0.717) is 56.8 Å². The van der Waals surface area contributed by atoms with Crippen LogP contribution in [-0.4, -0.2) is 85.6 Å². The molecule has 1 atom stereocenters. The monoisotopic (exact) mass is 653 g/mol. The second-order valence-corrected chi connectivity index (χ2v) is 13.9. The second kappa shape index (κ2) is 12.5. The number of aryl methyl sites for hydroxylation is 2. The Morgan fingerprint density at radius 3 is 2.29 bits per heavy atom. The predicted octanol–water partition coefficient (Wildman–Crippen LogP) is 2.92. The SMILES string of the molecule is Cc1cc(C(=O)N2CCC(C)(O)CC2)cc(C)c1CCS(=O)N1CCC2(CC1)N=C(c1ccc(F)c(OC(F)(F)F)c1)[NH2+]C2=O. The summed E-state index contributed by atoms with van der Waals surface area (Å²) in [6.45, 7) is 7.33. The van der Waals surface area contributed by atoms with Crippen molar-refractivity contribution in [3.8, 4) is 5.75 Å². The van der Waals surface area contributed by atoms with Gasteiger partial charge >= 0.3 is 12.3 Å². The minimum Gasteiger partial charge on any atom is -0.403 e. The van der Waals surface area contributed by atoms with E-state index in [9.17, 15) is 36.5 Å². The number of ether oxygens (including phenoxy) is 1. The number of quaternary nitrogens is 1. The smallest absolute Gasteiger partial charge is 0.403 e. The maximum Gasteiger partial charge on any atom is 0.573 e. The van der Waals surface area contributed by atoms with Crippen LogP contribution in [0.3, 0.4) is 0 Å². The van der Waals surface area contributed by atoms with E-state index in [1.54, 1.807) is 16.1 Å². The van der Waals surface area contributed by atoms with E-state index < -0.39 is 40.1 Å². The normalized spacial score (nSPS) is 20.8. The van der Waals surface area contributed by atoms with Crippen molar-refractivity contribution < 1.29 is 46.5 Å². The largest absolute Gasteiger partial charge is 0.573 e. The van der Waals surface area contributed by atoms with Gasteiger partial charge in [-0.05, 0) is 99.9 Å². The van der Waals surface area contributed by atoms with Crippen molar-refractivity contribution in [2.45, 2.75) is 70.4 Å². The van der Waals surface area contributed by atoms with Gasteiger partial charge in [0.25, 0.3) is 5.91 Å². The summed E-state index contributed by atoms with van der Waals surface area (Å²) in [5.74, 6) is -2.03. The fourth-order valence-electron chi connectivity index (χ4n) is 6.21. The van der Waals surface area contributed by atoms with Crippen LogP contribution in [0.5, 0.6) is 5.75 Å². The molecule has 244 valence electrons. The number of nitrogens with zero attached hydrogens (tertiary/aromatic N) is 3. The standard InChI is InChI=1S/C31H36F4N4O5S/c1-19-16-22(27(40)38-11-7-29(3,42)8-12-38)17-20(2)23(19)6-15-45(43)39-13-9-30(10-14-39)28(41)36-26(37-30)21-4-5-24(32)25(18-21)44-31(33,34)35/h4-5,16-18,42H,6-15H2,1-3H3,(H,36,37,41)/p+1. The fraction of sp³-hybridized carbons (Fsp3) is 0.516. The van der Waals surface area contributed by atoms with Gasteiger partial charge in [-0.3, -0.25) is 4.79 Å². The van der Waals surface area contributed by atoms with Crippen LogP contribution in [0, 0.1) is 19.7 Å². The number of halogens is 4. The molecular formula is C31H37F4N4O5S+. The number of rotatable bonds is 7. The number of benzene rings is 2. The van der Waals surface area contributed by atoms with Crippen LogP contribution in [0.15, 0.2) is 35.3 Å². The number of amidine groups is 1. The molecule has 0 aromatic heterocycles. The zero-order chi connectivity index (χ0) is 32.7. The van der Waals surface area contributed by atoms with Gasteiger partial charge in [0, 0.05) is 37.5 Å². The minimum absolute atomic E-state index is 0.0619. The molecule has 3 aliphatic heterocycles. The molecule has 14 heteroatoms. The maximum absolute atomic E-state index is 13.9. The van der Waals surface area contributed by atoms with E-state index in [2.05, 4.69) is 9.73 Å². The van der Waals surface area contributed by atoms with Crippen molar-refractivity contribution in [2.24, 2.45) is 4.99 Å². The van der Waals surface area contributed by atoms with Crippen LogP contribution in [-0.2, 0) is 22.2 Å². The Morgan fingerprint density at radius 2 is 1.69 bits per heavy atom. The average molecular weight is 654 g/mol. The number of aliphatic imine (C=N–C) groups is 1. The average Bonchev–Trinajstić information content (AvgIpc) is 3.27. The second-order valence-electron chi connectivity index (χ2n) is 12.3. The number of carbonyl (C=O) groups is 2. The van der Waals surface area contributed by atoms with Crippen molar-refractivity contribution in [3.05, 3.63) is 64.0 Å². The number of hydrogen-bond acceptors (Lipinski definition) is 6. The summed E-state index contributed by atoms with van der Waals surface area (Å²) >= 11 is 0. The third-order valence-electron chi connectivity index (χ3n) is 8.95. The molecule has 1 unspecified atom stereocenters. The Labute approximate surface area is 261 Å². The first-order valence-corrected chi connectivity index (χ1v) is 16.1. The van der Waals surface area contributed by atoms with Gasteiger partial charge in [0.15, 0.2) is 17.1 Å². The van der Waals surface area contributed by atoms with Crippen LogP contribution >= 0.6 is 0 Å². The van der Waals surface area contributed by atoms with Crippen LogP contribution in [0.4, 0.5) is 17.6 Å². The molecular weight excluding hydrogens is 616 g/mol. The molecule has 45 heavy (non-hydrogen) atoms. The molecule has 1 spiro atoms. The van der Waals surface area contributed by atoms with Crippen LogP contribution in [0.25, 0.3) is 0 Å². The number of carbonyl (C=O) groups excluding carboxylic acids is 2. The minimum atomic E-state index is -5.07. The summed E-state index contributed by atoms with van der Waals surface area (Å²) < 4.78 is 70.7. The lowest BCUT2D eigenvalue weighted by molar-refractivity contribution is -0.448. The number of likely N-dealkylation sites (tertiary alicyclic amines) is 1. The molecule has 2 aromatic carbocycles. The van der Waals surface area contributed by atoms with Crippen LogP contribution in [0.2, 0.25) is 0 Å². The van der Waals surface area contributed by atoms with Gasteiger partial charge in [-0.25, -0.2) is 28.0 Å². The number of hydrogen-bond donors (Lipinski definition) is 2. The molecule has 2 aromatic rings. The molecule has 9 nitrogen and oxygen atoms in total. The number of piperidine rings is 2. The highest BCUT2D eigenvalue weighted by atomic mass is 32.2. The molecule has 2 saturated heterocycles. The van der Waals surface area contributed by atoms with Crippen LogP contribution < -0.4 is 10.1 Å². The quantitative estimate of drug-likeness (QED) is 0.446. The molecule has 2 amide bonds. The zero-order valence-corrected chi connectivity index (χ0v) is 26.2. The lowest BCUT2D eigenvalue weighted by atomic mass is 9.89. The predicted molar refractivity (Wildman–Crippen MR) is 158 cm³/mol.